The molecule has 2 aromatic carbocycles. The summed E-state index contributed by atoms with van der Waals surface area (Å²) in [5.41, 5.74) is 0.939. The summed E-state index contributed by atoms with van der Waals surface area (Å²) in [6.07, 6.45) is 2.80. The Bertz CT molecular complexity index is 1540. The molecule has 2 aliphatic rings. The van der Waals surface area contributed by atoms with Crippen LogP contribution in [0.5, 0.6) is 0 Å². The lowest BCUT2D eigenvalue weighted by Crippen LogP contribution is -2.59. The van der Waals surface area contributed by atoms with Crippen LogP contribution in [0.1, 0.15) is 77.8 Å². The number of carbonyl (C=O) groups excluding carboxylic acids is 5. The van der Waals surface area contributed by atoms with Gasteiger partial charge < -0.3 is 35.8 Å². The second-order valence-corrected chi connectivity index (χ2v) is 16.4. The van der Waals surface area contributed by atoms with E-state index in [9.17, 15) is 24.0 Å². The van der Waals surface area contributed by atoms with E-state index in [1.807, 2.05) is 88.4 Å². The van der Waals surface area contributed by atoms with Crippen LogP contribution in [0, 0.1) is 11.8 Å². The third kappa shape index (κ3) is 14.8. The molecule has 5 atom stereocenters. The first-order valence-electron chi connectivity index (χ1n) is 20.1. The number of benzene rings is 2. The average molecular weight is 761 g/mol. The third-order valence-corrected chi connectivity index (χ3v) is 10.4. The van der Waals surface area contributed by atoms with E-state index in [2.05, 4.69) is 38.1 Å². The Morgan fingerprint density at radius 3 is 1.78 bits per heavy atom. The normalized spacial score (nSPS) is 19.6. The monoisotopic (exact) mass is 760 g/mol. The molecule has 12 nitrogen and oxygen atoms in total. The first-order chi connectivity index (χ1) is 26.2. The number of Topliss-reactive ketones (excluding diaryl/α,β-unsaturated/α-hetero) is 1. The van der Waals surface area contributed by atoms with Gasteiger partial charge >= 0.3 is 0 Å². The van der Waals surface area contributed by atoms with Crippen LogP contribution < -0.4 is 21.3 Å². The summed E-state index contributed by atoms with van der Waals surface area (Å²) < 4.78 is 5.42. The van der Waals surface area contributed by atoms with Crippen molar-refractivity contribution in [2.75, 3.05) is 46.4 Å². The first kappa shape index (κ1) is 43.6. The van der Waals surface area contributed by atoms with E-state index >= 15 is 0 Å². The van der Waals surface area contributed by atoms with Gasteiger partial charge in [-0.1, -0.05) is 88.4 Å². The summed E-state index contributed by atoms with van der Waals surface area (Å²) in [6.45, 7) is 14.7. The van der Waals surface area contributed by atoms with Crippen molar-refractivity contribution >= 4 is 29.4 Å². The Kier molecular flexibility index (Phi) is 16.8. The lowest BCUT2D eigenvalue weighted by molar-refractivity contribution is -0.135. The number of nitrogens with zero attached hydrogens (tertiary/aromatic N) is 2. The number of amides is 4. The highest BCUT2D eigenvalue weighted by atomic mass is 16.6. The summed E-state index contributed by atoms with van der Waals surface area (Å²) in [7, 11) is 2.11. The molecule has 0 saturated carbocycles. The lowest BCUT2D eigenvalue weighted by Gasteiger charge is -2.32. The van der Waals surface area contributed by atoms with Crippen molar-refractivity contribution in [2.24, 2.45) is 11.8 Å². The van der Waals surface area contributed by atoms with E-state index in [4.69, 9.17) is 4.74 Å². The number of hydrogen-bond donors (Lipinski definition) is 4. The molecule has 2 aliphatic heterocycles. The molecule has 55 heavy (non-hydrogen) atoms. The summed E-state index contributed by atoms with van der Waals surface area (Å²) in [5, 5.41) is 11.8. The molecule has 4 rings (SSSR count). The Balaban J connectivity index is 1.47. The SMILES string of the molecule is CC(C)CC(NC(=O)[C@H](CCc1ccccc1)NC(=O)CCCN1CCN(C)CC1)C(=O)N[C@@H](Cc1ccccc1)C(=O)NC(CC(C)C)C(=O)[C@@]1(C)CO1. The van der Waals surface area contributed by atoms with Gasteiger partial charge in [0.05, 0.1) is 12.6 Å². The number of rotatable bonds is 22. The number of hydrogen-bond acceptors (Lipinski definition) is 8. The summed E-state index contributed by atoms with van der Waals surface area (Å²) in [6, 6.07) is 15.5. The topological polar surface area (TPSA) is 152 Å². The zero-order valence-electron chi connectivity index (χ0n) is 33.8. The summed E-state index contributed by atoms with van der Waals surface area (Å²) in [4.78, 5) is 73.4. The molecule has 2 unspecified atom stereocenters. The minimum atomic E-state index is -1.02. The molecule has 302 valence electrons. The van der Waals surface area contributed by atoms with E-state index in [1.165, 1.54) is 0 Å². The third-order valence-electron chi connectivity index (χ3n) is 10.4. The van der Waals surface area contributed by atoms with Gasteiger partial charge in [0, 0.05) is 39.0 Å². The van der Waals surface area contributed by atoms with Gasteiger partial charge in [0.15, 0.2) is 5.78 Å². The largest absolute Gasteiger partial charge is 0.361 e. The molecule has 2 heterocycles. The van der Waals surface area contributed by atoms with Crippen molar-refractivity contribution in [3.8, 4) is 0 Å². The minimum absolute atomic E-state index is 0.0247. The van der Waals surface area contributed by atoms with Gasteiger partial charge in [0.25, 0.3) is 0 Å². The van der Waals surface area contributed by atoms with Crippen LogP contribution in [-0.4, -0.2) is 115 Å². The second-order valence-electron chi connectivity index (χ2n) is 16.4. The number of ketones is 1. The Morgan fingerprint density at radius 1 is 0.691 bits per heavy atom. The molecular formula is C43H64N6O6. The van der Waals surface area contributed by atoms with E-state index in [0.29, 0.717) is 45.1 Å². The average Bonchev–Trinajstić information content (AvgIpc) is 3.91. The van der Waals surface area contributed by atoms with Crippen LogP contribution in [0.25, 0.3) is 0 Å². The first-order valence-corrected chi connectivity index (χ1v) is 20.1. The van der Waals surface area contributed by atoms with Gasteiger partial charge in [0.2, 0.25) is 23.6 Å². The summed E-state index contributed by atoms with van der Waals surface area (Å²) in [5.74, 6) is -1.70. The highest BCUT2D eigenvalue weighted by molar-refractivity contribution is 5.98. The van der Waals surface area contributed by atoms with Crippen LogP contribution in [-0.2, 0) is 41.6 Å². The van der Waals surface area contributed by atoms with Crippen molar-refractivity contribution < 1.29 is 28.7 Å². The lowest BCUT2D eigenvalue weighted by atomic mass is 9.93. The Hall–Kier alpha value is -4.13. The Morgan fingerprint density at radius 2 is 1.20 bits per heavy atom. The predicted molar refractivity (Wildman–Crippen MR) is 214 cm³/mol. The zero-order valence-corrected chi connectivity index (χ0v) is 33.8. The van der Waals surface area contributed by atoms with Gasteiger partial charge in [-0.2, -0.15) is 0 Å². The van der Waals surface area contributed by atoms with E-state index in [-0.39, 0.29) is 29.9 Å². The van der Waals surface area contributed by atoms with Crippen molar-refractivity contribution in [3.05, 3.63) is 71.8 Å². The van der Waals surface area contributed by atoms with Gasteiger partial charge in [-0.25, -0.2) is 0 Å². The van der Waals surface area contributed by atoms with Crippen LogP contribution in [0.4, 0.5) is 0 Å². The fraction of sp³-hybridized carbons (Fsp3) is 0.605. The number of nitrogens with one attached hydrogen (secondary N) is 4. The molecule has 4 N–H and O–H groups in total. The molecule has 0 radical (unpaired) electrons. The van der Waals surface area contributed by atoms with Crippen LogP contribution >= 0.6 is 0 Å². The standard InChI is InChI=1S/C43H64N6O6/c1-30(2)26-35(39(51)43(5)29-55-43)45-42(54)37(28-33-16-11-8-12-17-33)47-41(53)36(27-31(3)4)46-40(52)34(20-19-32-14-9-7-10-15-32)44-38(50)18-13-21-49-24-22-48(6)23-25-49/h7-12,14-17,30-31,34-37H,13,18-29H2,1-6H3,(H,44,50)(H,45,54)(H,46,52)(H,47,53)/t34-,35?,36?,37-,43+/m0/s1. The van der Waals surface area contributed by atoms with Crippen molar-refractivity contribution in [2.45, 2.75) is 109 Å². The highest BCUT2D eigenvalue weighted by Gasteiger charge is 2.50. The fourth-order valence-corrected chi connectivity index (χ4v) is 6.93. The van der Waals surface area contributed by atoms with Crippen LogP contribution in [0.15, 0.2) is 60.7 Å². The smallest absolute Gasteiger partial charge is 0.243 e. The van der Waals surface area contributed by atoms with Gasteiger partial charge in [-0.05, 0) is 75.6 Å². The van der Waals surface area contributed by atoms with E-state index < -0.39 is 47.5 Å². The van der Waals surface area contributed by atoms with Crippen molar-refractivity contribution in [1.29, 1.82) is 0 Å². The summed E-state index contributed by atoms with van der Waals surface area (Å²) >= 11 is 0. The van der Waals surface area contributed by atoms with E-state index in [0.717, 1.165) is 43.9 Å². The van der Waals surface area contributed by atoms with Crippen molar-refractivity contribution in [1.82, 2.24) is 31.1 Å². The molecular weight excluding hydrogens is 697 g/mol. The molecule has 4 amide bonds. The zero-order chi connectivity index (χ0) is 40.0. The molecule has 2 aromatic rings. The predicted octanol–water partition coefficient (Wildman–Crippen LogP) is 3.28. The molecule has 2 saturated heterocycles. The molecule has 0 aromatic heterocycles. The van der Waals surface area contributed by atoms with Gasteiger partial charge in [0.1, 0.15) is 23.7 Å². The molecule has 0 spiro atoms. The molecule has 2 fully saturated rings. The van der Waals surface area contributed by atoms with Crippen LogP contribution in [0.2, 0.25) is 0 Å². The second kappa shape index (κ2) is 21.2. The van der Waals surface area contributed by atoms with Gasteiger partial charge in [-0.3, -0.25) is 24.0 Å². The quantitative estimate of drug-likeness (QED) is 0.134. The maximum absolute atomic E-state index is 14.1. The molecule has 0 bridgehead atoms. The maximum Gasteiger partial charge on any atom is 0.243 e. The minimum Gasteiger partial charge on any atom is -0.361 e. The number of piperazine rings is 1. The molecule has 12 heteroatoms. The maximum atomic E-state index is 14.1. The molecule has 0 aliphatic carbocycles. The highest BCUT2D eigenvalue weighted by Crippen LogP contribution is 2.29. The number of epoxide rings is 1. The number of aryl methyl sites for hydroxylation is 1. The van der Waals surface area contributed by atoms with Gasteiger partial charge in [-0.15, -0.1) is 0 Å². The van der Waals surface area contributed by atoms with Crippen molar-refractivity contribution in [3.63, 3.8) is 0 Å². The van der Waals surface area contributed by atoms with Crippen LogP contribution in [0.3, 0.4) is 0 Å². The fourth-order valence-electron chi connectivity index (χ4n) is 6.93. The number of ether oxygens (including phenoxy) is 1. The van der Waals surface area contributed by atoms with E-state index in [1.54, 1.807) is 6.92 Å². The Labute approximate surface area is 327 Å². The number of likely N-dealkylation sites (N-methyl/N-ethyl adjacent to an activating group) is 1. The number of carbonyl (C=O) groups is 5.